The number of esters is 2. The van der Waals surface area contributed by atoms with Crippen LogP contribution in [0, 0.1) is 17.8 Å². The van der Waals surface area contributed by atoms with E-state index in [-0.39, 0.29) is 24.4 Å². The maximum absolute atomic E-state index is 12.4. The van der Waals surface area contributed by atoms with Gasteiger partial charge in [-0.1, -0.05) is 12.7 Å². The van der Waals surface area contributed by atoms with Crippen LogP contribution in [0.4, 0.5) is 0 Å². The van der Waals surface area contributed by atoms with Crippen LogP contribution in [0.5, 0.6) is 0 Å². The molecule has 0 bridgehead atoms. The van der Waals surface area contributed by atoms with E-state index in [0.717, 1.165) is 6.42 Å². The Labute approximate surface area is 153 Å². The summed E-state index contributed by atoms with van der Waals surface area (Å²) in [5, 5.41) is 11.2. The van der Waals surface area contributed by atoms with Crippen molar-refractivity contribution in [3.8, 4) is 0 Å². The van der Waals surface area contributed by atoms with Gasteiger partial charge in [0, 0.05) is 23.5 Å². The van der Waals surface area contributed by atoms with Gasteiger partial charge < -0.3 is 19.3 Å². The van der Waals surface area contributed by atoms with Crippen molar-refractivity contribution in [2.75, 3.05) is 0 Å². The molecule has 2 aliphatic heterocycles. The molecule has 0 aromatic heterocycles. The first-order valence-electron chi connectivity index (χ1n) is 9.24. The average Bonchev–Trinajstić information content (AvgIpc) is 3.02. The molecule has 2 saturated carbocycles. The van der Waals surface area contributed by atoms with Gasteiger partial charge in [-0.2, -0.15) is 0 Å². The first-order chi connectivity index (χ1) is 12.1. The first kappa shape index (κ1) is 17.7. The number of carbonyl (C=O) groups is 2. The summed E-state index contributed by atoms with van der Waals surface area (Å²) in [4.78, 5) is 24.6. The fraction of sp³-hybridized carbons (Fsp3) is 0.700. The molecule has 0 unspecified atom stereocenters. The molecule has 6 heteroatoms. The molecule has 142 valence electrons. The van der Waals surface area contributed by atoms with Crippen LogP contribution >= 0.6 is 0 Å². The Bertz CT molecular complexity index is 722. The van der Waals surface area contributed by atoms with E-state index >= 15 is 0 Å². The van der Waals surface area contributed by atoms with E-state index in [1.807, 2.05) is 6.92 Å². The Hall–Kier alpha value is -1.66. The molecular formula is C20H26O6. The largest absolute Gasteiger partial charge is 0.458 e. The van der Waals surface area contributed by atoms with Crippen LogP contribution in [0.1, 0.15) is 40.5 Å². The van der Waals surface area contributed by atoms with Crippen LogP contribution in [0.25, 0.3) is 0 Å². The van der Waals surface area contributed by atoms with E-state index in [9.17, 15) is 14.7 Å². The standard InChI is InChI=1S/C20H26O6/c1-6-9(2)17(21)24-12-8-19(4,23)11-7-13-20(5,26-13)15(11)16-14(12)10(3)18(22)25-16/h6,11-16,23H,3,7-8H2,1-2,4-5H3/b9-6-/t11-,12+,13-,14-,15+,16+,19-,20-/m1/s1. The number of allylic oxidation sites excluding steroid dienone is 1. The summed E-state index contributed by atoms with van der Waals surface area (Å²) in [5.74, 6) is -1.57. The van der Waals surface area contributed by atoms with Gasteiger partial charge in [0.25, 0.3) is 0 Å². The fourth-order valence-electron chi connectivity index (χ4n) is 5.31. The minimum atomic E-state index is -1.05. The van der Waals surface area contributed by atoms with E-state index in [1.54, 1.807) is 26.8 Å². The van der Waals surface area contributed by atoms with Crippen molar-refractivity contribution in [3.63, 3.8) is 0 Å². The summed E-state index contributed by atoms with van der Waals surface area (Å²) in [6, 6.07) is 0. The Morgan fingerprint density at radius 2 is 2.12 bits per heavy atom. The van der Waals surface area contributed by atoms with Crippen LogP contribution in [-0.2, 0) is 23.8 Å². The second kappa shape index (κ2) is 5.42. The maximum atomic E-state index is 12.4. The molecule has 4 rings (SSSR count). The Kier molecular flexibility index (Phi) is 3.70. The lowest BCUT2D eigenvalue weighted by Gasteiger charge is -2.36. The molecule has 0 aromatic rings. The van der Waals surface area contributed by atoms with Gasteiger partial charge in [-0.15, -0.1) is 0 Å². The summed E-state index contributed by atoms with van der Waals surface area (Å²) in [6.07, 6.45) is 1.57. The molecule has 0 spiro atoms. The maximum Gasteiger partial charge on any atom is 0.334 e. The van der Waals surface area contributed by atoms with Crippen molar-refractivity contribution in [3.05, 3.63) is 23.8 Å². The van der Waals surface area contributed by atoms with Crippen molar-refractivity contribution in [1.82, 2.24) is 0 Å². The first-order valence-corrected chi connectivity index (χ1v) is 9.24. The highest BCUT2D eigenvalue weighted by molar-refractivity contribution is 5.91. The Balaban J connectivity index is 1.73. The summed E-state index contributed by atoms with van der Waals surface area (Å²) in [7, 11) is 0. The number of fused-ring (bicyclic) bond motifs is 5. The lowest BCUT2D eigenvalue weighted by Crippen LogP contribution is -2.44. The van der Waals surface area contributed by atoms with Gasteiger partial charge in [-0.25, -0.2) is 9.59 Å². The number of rotatable bonds is 2. The second-order valence-electron chi connectivity index (χ2n) is 8.56. The molecular weight excluding hydrogens is 336 g/mol. The number of carbonyl (C=O) groups excluding carboxylic acids is 2. The molecule has 0 aromatic carbocycles. The smallest absolute Gasteiger partial charge is 0.334 e. The van der Waals surface area contributed by atoms with Gasteiger partial charge in [0.2, 0.25) is 0 Å². The molecule has 4 fully saturated rings. The molecule has 6 nitrogen and oxygen atoms in total. The van der Waals surface area contributed by atoms with E-state index < -0.39 is 41.3 Å². The van der Waals surface area contributed by atoms with Crippen molar-refractivity contribution >= 4 is 11.9 Å². The van der Waals surface area contributed by atoms with Crippen molar-refractivity contribution < 1.29 is 28.9 Å². The molecule has 2 heterocycles. The zero-order chi connectivity index (χ0) is 19.0. The monoisotopic (exact) mass is 362 g/mol. The summed E-state index contributed by atoms with van der Waals surface area (Å²) >= 11 is 0. The number of ether oxygens (including phenoxy) is 3. The zero-order valence-electron chi connectivity index (χ0n) is 15.7. The molecule has 0 amide bonds. The normalized spacial score (nSPS) is 49.7. The van der Waals surface area contributed by atoms with E-state index in [0.29, 0.717) is 11.1 Å². The second-order valence-corrected chi connectivity index (χ2v) is 8.56. The third kappa shape index (κ3) is 2.31. The fourth-order valence-corrected chi connectivity index (χ4v) is 5.31. The minimum Gasteiger partial charge on any atom is -0.458 e. The SMILES string of the molecule is C=C1C(=O)O[C@H]2[C@H]1[C@@H](OC(=O)/C(C)=C\C)C[C@@](C)(O)[C@@H]1C[C@H]3O[C@@]3(C)[C@H]21. The number of hydrogen-bond acceptors (Lipinski definition) is 6. The van der Waals surface area contributed by atoms with E-state index in [4.69, 9.17) is 14.2 Å². The van der Waals surface area contributed by atoms with Gasteiger partial charge >= 0.3 is 11.9 Å². The Morgan fingerprint density at radius 1 is 1.42 bits per heavy atom. The van der Waals surface area contributed by atoms with Gasteiger partial charge in [0.05, 0.1) is 23.2 Å². The topological polar surface area (TPSA) is 85.4 Å². The van der Waals surface area contributed by atoms with Crippen molar-refractivity contribution in [2.24, 2.45) is 17.8 Å². The minimum absolute atomic E-state index is 0.0797. The van der Waals surface area contributed by atoms with Crippen LogP contribution in [0.15, 0.2) is 23.8 Å². The molecule has 8 atom stereocenters. The third-order valence-corrected chi connectivity index (χ3v) is 6.98. The predicted molar refractivity (Wildman–Crippen MR) is 91.9 cm³/mol. The summed E-state index contributed by atoms with van der Waals surface area (Å²) in [5.41, 5.74) is -0.647. The molecule has 0 radical (unpaired) electrons. The number of aliphatic hydroxyl groups is 1. The predicted octanol–water partition coefficient (Wildman–Crippen LogP) is 1.91. The lowest BCUT2D eigenvalue weighted by atomic mass is 9.75. The highest BCUT2D eigenvalue weighted by Gasteiger charge is 2.74. The molecule has 26 heavy (non-hydrogen) atoms. The van der Waals surface area contributed by atoms with Crippen LogP contribution in [0.3, 0.4) is 0 Å². The van der Waals surface area contributed by atoms with Crippen molar-refractivity contribution in [1.29, 1.82) is 0 Å². The van der Waals surface area contributed by atoms with Gasteiger partial charge in [0.15, 0.2) is 0 Å². The quantitative estimate of drug-likeness (QED) is 0.459. The molecule has 4 aliphatic rings. The highest BCUT2D eigenvalue weighted by atomic mass is 16.6. The van der Waals surface area contributed by atoms with Crippen LogP contribution in [0.2, 0.25) is 0 Å². The molecule has 2 saturated heterocycles. The van der Waals surface area contributed by atoms with Gasteiger partial charge in [-0.05, 0) is 40.0 Å². The molecule has 2 aliphatic carbocycles. The van der Waals surface area contributed by atoms with Crippen LogP contribution in [-0.4, -0.2) is 46.6 Å². The van der Waals surface area contributed by atoms with Gasteiger partial charge in [0.1, 0.15) is 12.2 Å². The van der Waals surface area contributed by atoms with Crippen LogP contribution < -0.4 is 0 Å². The lowest BCUT2D eigenvalue weighted by molar-refractivity contribution is -0.150. The number of hydrogen-bond donors (Lipinski definition) is 1. The van der Waals surface area contributed by atoms with E-state index in [1.165, 1.54) is 0 Å². The van der Waals surface area contributed by atoms with E-state index in [2.05, 4.69) is 6.58 Å². The third-order valence-electron chi connectivity index (χ3n) is 6.98. The Morgan fingerprint density at radius 3 is 2.77 bits per heavy atom. The molecule has 1 N–H and O–H groups in total. The zero-order valence-corrected chi connectivity index (χ0v) is 15.7. The average molecular weight is 362 g/mol. The van der Waals surface area contributed by atoms with Crippen molar-refractivity contribution in [2.45, 2.75) is 70.1 Å². The summed E-state index contributed by atoms with van der Waals surface area (Å²) in [6.45, 7) is 11.1. The van der Waals surface area contributed by atoms with Gasteiger partial charge in [-0.3, -0.25) is 0 Å². The highest BCUT2D eigenvalue weighted by Crippen LogP contribution is 2.64. The number of epoxide rings is 1. The summed E-state index contributed by atoms with van der Waals surface area (Å²) < 4.78 is 17.3.